The molecule has 3 aromatic heterocycles. The van der Waals surface area contributed by atoms with Gasteiger partial charge in [0.1, 0.15) is 43.7 Å². The number of ether oxygens (including phenoxy) is 3. The topological polar surface area (TPSA) is 132 Å². The number of benzene rings is 3. The summed E-state index contributed by atoms with van der Waals surface area (Å²) in [7, 11) is 3.48. The van der Waals surface area contributed by atoms with E-state index in [2.05, 4.69) is 105 Å². The summed E-state index contributed by atoms with van der Waals surface area (Å²) in [6.45, 7) is 30.5. The highest BCUT2D eigenvalue weighted by molar-refractivity contribution is 7.16. The van der Waals surface area contributed by atoms with Crippen molar-refractivity contribution in [2.45, 2.75) is 174 Å². The molecule has 2 aliphatic heterocycles. The zero-order chi connectivity index (χ0) is 55.4. The van der Waals surface area contributed by atoms with Gasteiger partial charge in [0.15, 0.2) is 0 Å². The van der Waals surface area contributed by atoms with Crippen molar-refractivity contribution in [3.63, 3.8) is 0 Å². The van der Waals surface area contributed by atoms with Crippen LogP contribution in [-0.4, -0.2) is 87.3 Å². The molecule has 12 nitrogen and oxygen atoms in total. The Balaban J connectivity index is 0.917. The molecular formula is C60H78Cl2N6O6S2. The number of aromatic nitrogens is 4. The summed E-state index contributed by atoms with van der Waals surface area (Å²) in [6, 6.07) is 16.1. The van der Waals surface area contributed by atoms with Gasteiger partial charge in [-0.1, -0.05) is 111 Å². The number of rotatable bonds is 13. The summed E-state index contributed by atoms with van der Waals surface area (Å²) in [4.78, 5) is 57.0. The van der Waals surface area contributed by atoms with Crippen LogP contribution in [0.15, 0.2) is 53.3 Å². The fourth-order valence-electron chi connectivity index (χ4n) is 10.8. The summed E-state index contributed by atoms with van der Waals surface area (Å²) in [5.41, 5.74) is 7.20. The van der Waals surface area contributed by atoms with E-state index in [9.17, 15) is 14.4 Å². The number of imidazole rings is 1. The Bertz CT molecular complexity index is 3130. The zero-order valence-electron chi connectivity index (χ0n) is 47.3. The molecule has 0 saturated carbocycles. The average Bonchev–Trinajstić information content (AvgIpc) is 4.09. The Kier molecular flexibility index (Phi) is 16.4. The molecule has 76 heavy (non-hydrogen) atoms. The Morgan fingerprint density at radius 3 is 1.54 bits per heavy atom. The summed E-state index contributed by atoms with van der Waals surface area (Å²) in [5.74, 6) is 1.99. The second-order valence-electron chi connectivity index (χ2n) is 25.3. The van der Waals surface area contributed by atoms with Gasteiger partial charge in [-0.05, 0) is 110 Å². The first-order valence-electron chi connectivity index (χ1n) is 26.7. The zero-order valence-corrected chi connectivity index (χ0v) is 50.5. The first kappa shape index (κ1) is 57.3. The van der Waals surface area contributed by atoms with Gasteiger partial charge in [-0.2, -0.15) is 0 Å². The molecule has 0 spiro atoms. The third-order valence-corrected chi connectivity index (χ3v) is 18.3. The van der Waals surface area contributed by atoms with Gasteiger partial charge in [0.05, 0.1) is 35.3 Å². The molecule has 2 fully saturated rings. The summed E-state index contributed by atoms with van der Waals surface area (Å²) >= 11 is 17.2. The summed E-state index contributed by atoms with van der Waals surface area (Å²) in [6.07, 6.45) is 4.04. The predicted molar refractivity (Wildman–Crippen MR) is 312 cm³/mol. The van der Waals surface area contributed by atoms with E-state index in [1.54, 1.807) is 25.6 Å². The monoisotopic (exact) mass is 1110 g/mol. The minimum Gasteiger partial charge on any atom is -0.496 e. The SMILES string of the molecule is COc1c(C(C)(C)C)cc(-c2nc(C3CCN(C(=O)OC(C)(C)CCC(C)(C)c4cc(-c5nc(C6CCN(C(=O)Cn7c(=O)[nH]c8ccccc87)CC6)sc5Cl)cc(C(C)(C)C)c4OC)CC3)sc2Cl)cc1C(C)(C)C. The number of amides is 2. The number of nitrogens with zero attached hydrogens (tertiary/aromatic N) is 5. The van der Waals surface area contributed by atoms with Crippen LogP contribution in [0.25, 0.3) is 33.5 Å². The lowest BCUT2D eigenvalue weighted by atomic mass is 9.74. The molecule has 2 amide bonds. The Hall–Kier alpha value is -4.89. The van der Waals surface area contributed by atoms with Gasteiger partial charge in [-0.15, -0.1) is 22.7 Å². The standard InChI is InChI=1S/C60H78Cl2N6O6S2/c1-56(2,3)39-30-37(31-40(48(39)72-14)57(4,5)6)46-50(61)75-53(64-46)36-22-28-67(29-23-36)55(71)74-60(12,13)25-24-59(10,11)42-33-38(32-41(49(42)73-15)58(7,8)9)47-51(62)76-52(65-47)35-20-26-66(27-21-35)45(69)34-68-44-19-17-16-18-43(44)63-54(68)70/h16-19,30-33,35-36H,20-29,34H2,1-15H3,(H,63,70). The molecule has 0 bridgehead atoms. The molecular weight excluding hydrogens is 1040 g/mol. The van der Waals surface area contributed by atoms with E-state index in [0.717, 1.165) is 97.5 Å². The Morgan fingerprint density at radius 2 is 1.08 bits per heavy atom. The second-order valence-corrected chi connectivity index (χ2v) is 28.5. The first-order chi connectivity index (χ1) is 35.5. The number of likely N-dealkylation sites (tertiary alicyclic amines) is 2. The number of nitrogens with one attached hydrogen (secondary N) is 1. The molecule has 1 N–H and O–H groups in total. The van der Waals surface area contributed by atoms with Crippen molar-refractivity contribution in [3.05, 3.63) is 100.0 Å². The molecule has 8 rings (SSSR count). The van der Waals surface area contributed by atoms with E-state index < -0.39 is 11.0 Å². The molecule has 2 aliphatic rings. The van der Waals surface area contributed by atoms with Crippen LogP contribution < -0.4 is 15.2 Å². The number of hydrogen-bond donors (Lipinski definition) is 1. The highest BCUT2D eigenvalue weighted by Crippen LogP contribution is 2.49. The van der Waals surface area contributed by atoms with Gasteiger partial charge in [-0.25, -0.2) is 19.6 Å². The summed E-state index contributed by atoms with van der Waals surface area (Å²) < 4.78 is 21.4. The van der Waals surface area contributed by atoms with Gasteiger partial charge in [-0.3, -0.25) is 9.36 Å². The number of piperidine rings is 2. The van der Waals surface area contributed by atoms with Crippen LogP contribution in [0.2, 0.25) is 8.67 Å². The molecule has 0 unspecified atom stereocenters. The molecule has 16 heteroatoms. The molecule has 5 heterocycles. The maximum absolute atomic E-state index is 13.9. The summed E-state index contributed by atoms with van der Waals surface area (Å²) in [5, 5.41) is 1.95. The maximum Gasteiger partial charge on any atom is 0.410 e. The van der Waals surface area contributed by atoms with Crippen molar-refractivity contribution in [3.8, 4) is 34.0 Å². The Morgan fingerprint density at radius 1 is 0.645 bits per heavy atom. The quantitative estimate of drug-likeness (QED) is 0.121. The van der Waals surface area contributed by atoms with Gasteiger partial charge >= 0.3 is 11.8 Å². The highest BCUT2D eigenvalue weighted by atomic mass is 35.5. The molecule has 6 aromatic rings. The van der Waals surface area contributed by atoms with E-state index in [4.69, 9.17) is 47.4 Å². The fraction of sp³-hybridized carbons (Fsp3) is 0.550. The lowest BCUT2D eigenvalue weighted by molar-refractivity contribution is -0.132. The van der Waals surface area contributed by atoms with Crippen molar-refractivity contribution in [1.29, 1.82) is 0 Å². The van der Waals surface area contributed by atoms with Crippen LogP contribution in [0.4, 0.5) is 4.79 Å². The van der Waals surface area contributed by atoms with Crippen molar-refractivity contribution < 1.29 is 23.8 Å². The van der Waals surface area contributed by atoms with Crippen LogP contribution in [0, 0.1) is 0 Å². The van der Waals surface area contributed by atoms with Gasteiger partial charge in [0.2, 0.25) is 5.91 Å². The first-order valence-corrected chi connectivity index (χ1v) is 29.1. The third kappa shape index (κ3) is 12.2. The molecule has 410 valence electrons. The fourth-order valence-corrected chi connectivity index (χ4v) is 13.5. The lowest BCUT2D eigenvalue weighted by Crippen LogP contribution is -2.42. The molecule has 0 radical (unpaired) electrons. The van der Waals surface area contributed by atoms with Gasteiger partial charge in [0.25, 0.3) is 0 Å². The van der Waals surface area contributed by atoms with E-state index in [-0.39, 0.29) is 52.3 Å². The van der Waals surface area contributed by atoms with E-state index in [0.29, 0.717) is 53.2 Å². The van der Waals surface area contributed by atoms with E-state index in [1.165, 1.54) is 15.9 Å². The number of carbonyl (C=O) groups is 2. The maximum atomic E-state index is 13.9. The van der Waals surface area contributed by atoms with Crippen LogP contribution in [-0.2, 0) is 37.7 Å². The number of aromatic amines is 1. The minimum absolute atomic E-state index is 0.00709. The number of fused-ring (bicyclic) bond motifs is 1. The Labute approximate surface area is 467 Å². The van der Waals surface area contributed by atoms with Gasteiger partial charge in [0, 0.05) is 71.4 Å². The molecule has 2 saturated heterocycles. The normalized spacial score (nSPS) is 15.7. The number of hydrogen-bond acceptors (Lipinski definition) is 10. The average molecular weight is 1110 g/mol. The lowest BCUT2D eigenvalue weighted by Gasteiger charge is -2.36. The van der Waals surface area contributed by atoms with E-state index in [1.807, 2.05) is 47.9 Å². The smallest absolute Gasteiger partial charge is 0.410 e. The molecule has 0 atom stereocenters. The van der Waals surface area contributed by atoms with Crippen molar-refractivity contribution in [1.82, 2.24) is 29.3 Å². The van der Waals surface area contributed by atoms with E-state index >= 15 is 0 Å². The van der Waals surface area contributed by atoms with Crippen LogP contribution >= 0.6 is 45.9 Å². The predicted octanol–water partition coefficient (Wildman–Crippen LogP) is 15.1. The van der Waals surface area contributed by atoms with Crippen molar-refractivity contribution >= 4 is 68.9 Å². The number of halogens is 2. The number of carbonyl (C=O) groups excluding carboxylic acids is 2. The second kappa shape index (κ2) is 21.7. The van der Waals surface area contributed by atoms with Crippen molar-refractivity contribution in [2.24, 2.45) is 0 Å². The molecule has 0 aliphatic carbocycles. The van der Waals surface area contributed by atoms with Gasteiger partial charge < -0.3 is 29.0 Å². The number of methoxy groups -OCH3 is 2. The minimum atomic E-state index is -0.752. The molecule has 3 aromatic carbocycles. The number of thiazole rings is 2. The van der Waals surface area contributed by atoms with Crippen molar-refractivity contribution in [2.75, 3.05) is 40.4 Å². The van der Waals surface area contributed by atoms with Crippen LogP contribution in [0.3, 0.4) is 0 Å². The number of H-pyrrole nitrogens is 1. The van der Waals surface area contributed by atoms with Crippen LogP contribution in [0.5, 0.6) is 11.5 Å². The largest absolute Gasteiger partial charge is 0.496 e. The van der Waals surface area contributed by atoms with Crippen LogP contribution in [0.1, 0.15) is 173 Å². The number of para-hydroxylation sites is 2. The third-order valence-electron chi connectivity index (χ3n) is 15.5. The highest BCUT2D eigenvalue weighted by Gasteiger charge is 2.37.